The molecule has 0 amide bonds. The molecule has 2 heteroatoms. The highest BCUT2D eigenvalue weighted by Gasteiger charge is 1.88. The van der Waals surface area contributed by atoms with E-state index in [4.69, 9.17) is 9.47 Å². The largest absolute Gasteiger partial charge is 0.465 e. The van der Waals surface area contributed by atoms with E-state index in [9.17, 15) is 0 Å². The van der Waals surface area contributed by atoms with Gasteiger partial charge in [-0.2, -0.15) is 0 Å². The highest BCUT2D eigenvalue weighted by molar-refractivity contribution is 5.47. The summed E-state index contributed by atoms with van der Waals surface area (Å²) in [6.07, 6.45) is 3.53. The lowest BCUT2D eigenvalue weighted by atomic mass is 10.2. The van der Waals surface area contributed by atoms with Crippen LogP contribution in [0, 0.1) is 0 Å². The molecule has 0 aliphatic rings. The van der Waals surface area contributed by atoms with Gasteiger partial charge in [-0.1, -0.05) is 48.5 Å². The second kappa shape index (κ2) is 6.38. The van der Waals surface area contributed by atoms with Crippen LogP contribution in [0.15, 0.2) is 66.9 Å². The number of hydrogen-bond donors (Lipinski definition) is 0. The smallest absolute Gasteiger partial charge is 0.229 e. The van der Waals surface area contributed by atoms with E-state index in [1.807, 2.05) is 66.7 Å². The van der Waals surface area contributed by atoms with Gasteiger partial charge in [-0.25, -0.2) is 0 Å². The molecule has 0 spiro atoms. The Balaban J connectivity index is 1.72. The summed E-state index contributed by atoms with van der Waals surface area (Å²) in [5.74, 6) is 0.806. The third kappa shape index (κ3) is 4.03. The second-order valence-electron chi connectivity index (χ2n) is 3.46. The minimum absolute atomic E-state index is 0.216. The van der Waals surface area contributed by atoms with E-state index in [1.54, 1.807) is 6.26 Å². The maximum Gasteiger partial charge on any atom is 0.229 e. The zero-order chi connectivity index (χ0) is 11.8. The second-order valence-corrected chi connectivity index (χ2v) is 3.46. The molecule has 86 valence electrons. The Morgan fingerprint density at radius 1 is 0.824 bits per heavy atom. The maximum atomic E-state index is 5.37. The Morgan fingerprint density at radius 2 is 1.47 bits per heavy atom. The number of benzene rings is 2. The van der Waals surface area contributed by atoms with Gasteiger partial charge in [-0.15, -0.1) is 0 Å². The fourth-order valence-electron chi connectivity index (χ4n) is 1.35. The SMILES string of the molecule is C(=Cc1ccccc1)OCOc1ccccc1. The summed E-state index contributed by atoms with van der Waals surface area (Å²) < 4.78 is 10.6. The molecule has 2 aromatic carbocycles. The third-order valence-electron chi connectivity index (χ3n) is 2.19. The van der Waals surface area contributed by atoms with Crippen molar-refractivity contribution in [3.8, 4) is 5.75 Å². The van der Waals surface area contributed by atoms with Gasteiger partial charge in [0, 0.05) is 0 Å². The molecule has 0 radical (unpaired) electrons. The molecule has 0 saturated heterocycles. The third-order valence-corrected chi connectivity index (χ3v) is 2.19. The van der Waals surface area contributed by atoms with Gasteiger partial charge in [0.25, 0.3) is 0 Å². The van der Waals surface area contributed by atoms with Crippen molar-refractivity contribution in [2.75, 3.05) is 6.79 Å². The molecule has 0 aromatic heterocycles. The van der Waals surface area contributed by atoms with Crippen LogP contribution in [0.5, 0.6) is 5.75 Å². The van der Waals surface area contributed by atoms with Gasteiger partial charge in [0.15, 0.2) is 0 Å². The first-order valence-corrected chi connectivity index (χ1v) is 5.46. The van der Waals surface area contributed by atoms with Crippen molar-refractivity contribution in [3.05, 3.63) is 72.5 Å². The summed E-state index contributed by atoms with van der Waals surface area (Å²) >= 11 is 0. The first-order chi connectivity index (χ1) is 8.45. The monoisotopic (exact) mass is 226 g/mol. The van der Waals surface area contributed by atoms with Crippen LogP contribution < -0.4 is 4.74 Å². The average Bonchev–Trinajstić information content (AvgIpc) is 2.41. The molecule has 0 saturated carbocycles. The normalized spacial score (nSPS) is 10.4. The number of para-hydroxylation sites is 1. The predicted octanol–water partition coefficient (Wildman–Crippen LogP) is 3.71. The standard InChI is InChI=1S/C15H14O2/c1-3-7-14(8-4-1)11-12-16-13-17-15-9-5-2-6-10-15/h1-12H,13H2. The Hall–Kier alpha value is -2.22. The lowest BCUT2D eigenvalue weighted by molar-refractivity contribution is 0.0813. The van der Waals surface area contributed by atoms with E-state index in [2.05, 4.69) is 0 Å². The molecule has 2 nitrogen and oxygen atoms in total. The van der Waals surface area contributed by atoms with E-state index >= 15 is 0 Å². The molecular formula is C15H14O2. The lowest BCUT2D eigenvalue weighted by Crippen LogP contribution is -1.97. The van der Waals surface area contributed by atoms with Crippen LogP contribution in [-0.2, 0) is 4.74 Å². The molecule has 0 fully saturated rings. The van der Waals surface area contributed by atoms with Crippen molar-refractivity contribution >= 4 is 6.08 Å². The van der Waals surface area contributed by atoms with Crippen LogP contribution in [0.2, 0.25) is 0 Å². The van der Waals surface area contributed by atoms with Crippen molar-refractivity contribution in [1.29, 1.82) is 0 Å². The number of hydrogen-bond acceptors (Lipinski definition) is 2. The van der Waals surface area contributed by atoms with Crippen LogP contribution in [-0.4, -0.2) is 6.79 Å². The first kappa shape index (κ1) is 11.3. The van der Waals surface area contributed by atoms with Crippen LogP contribution in [0.4, 0.5) is 0 Å². The molecule has 0 N–H and O–H groups in total. The van der Waals surface area contributed by atoms with E-state index in [0.29, 0.717) is 0 Å². The van der Waals surface area contributed by atoms with Gasteiger partial charge in [0.2, 0.25) is 6.79 Å². The summed E-state index contributed by atoms with van der Waals surface area (Å²) in [6, 6.07) is 19.6. The number of rotatable bonds is 5. The maximum absolute atomic E-state index is 5.37. The molecule has 2 rings (SSSR count). The highest BCUT2D eigenvalue weighted by Crippen LogP contribution is 2.08. The predicted molar refractivity (Wildman–Crippen MR) is 68.5 cm³/mol. The van der Waals surface area contributed by atoms with Crippen molar-refractivity contribution in [1.82, 2.24) is 0 Å². The van der Waals surface area contributed by atoms with Crippen molar-refractivity contribution in [3.63, 3.8) is 0 Å². The Bertz CT molecular complexity index is 449. The van der Waals surface area contributed by atoms with Crippen molar-refractivity contribution in [2.24, 2.45) is 0 Å². The van der Waals surface area contributed by atoms with Crippen LogP contribution in [0.1, 0.15) is 5.56 Å². The minimum Gasteiger partial charge on any atom is -0.465 e. The Kier molecular flexibility index (Phi) is 4.23. The number of ether oxygens (including phenoxy) is 2. The Labute approximate surface area is 101 Å². The summed E-state index contributed by atoms with van der Waals surface area (Å²) in [5, 5.41) is 0. The lowest BCUT2D eigenvalue weighted by Gasteiger charge is -2.04. The average molecular weight is 226 g/mol. The molecule has 2 aromatic rings. The van der Waals surface area contributed by atoms with Gasteiger partial charge in [-0.3, -0.25) is 0 Å². The topological polar surface area (TPSA) is 18.5 Å². The minimum atomic E-state index is 0.216. The summed E-state index contributed by atoms with van der Waals surface area (Å²) in [5.41, 5.74) is 1.10. The first-order valence-electron chi connectivity index (χ1n) is 5.46. The van der Waals surface area contributed by atoms with E-state index in [1.165, 1.54) is 0 Å². The van der Waals surface area contributed by atoms with Crippen molar-refractivity contribution in [2.45, 2.75) is 0 Å². The summed E-state index contributed by atoms with van der Waals surface area (Å²) in [4.78, 5) is 0. The van der Waals surface area contributed by atoms with Gasteiger partial charge in [0.1, 0.15) is 5.75 Å². The quantitative estimate of drug-likeness (QED) is 0.439. The van der Waals surface area contributed by atoms with Gasteiger partial charge in [0.05, 0.1) is 6.26 Å². The van der Waals surface area contributed by atoms with Crippen LogP contribution in [0.25, 0.3) is 6.08 Å². The van der Waals surface area contributed by atoms with E-state index < -0.39 is 0 Å². The zero-order valence-electron chi connectivity index (χ0n) is 9.45. The van der Waals surface area contributed by atoms with Crippen LogP contribution in [0.3, 0.4) is 0 Å². The highest BCUT2D eigenvalue weighted by atomic mass is 16.7. The Morgan fingerprint density at radius 3 is 2.18 bits per heavy atom. The van der Waals surface area contributed by atoms with E-state index in [-0.39, 0.29) is 6.79 Å². The fourth-order valence-corrected chi connectivity index (χ4v) is 1.35. The molecule has 0 heterocycles. The molecule has 0 aliphatic heterocycles. The van der Waals surface area contributed by atoms with Crippen molar-refractivity contribution < 1.29 is 9.47 Å². The molecule has 0 bridgehead atoms. The molecule has 0 atom stereocenters. The fraction of sp³-hybridized carbons (Fsp3) is 0.0667. The van der Waals surface area contributed by atoms with Gasteiger partial charge in [-0.05, 0) is 23.8 Å². The van der Waals surface area contributed by atoms with Gasteiger partial charge >= 0.3 is 0 Å². The summed E-state index contributed by atoms with van der Waals surface area (Å²) in [6.45, 7) is 0.216. The summed E-state index contributed by atoms with van der Waals surface area (Å²) in [7, 11) is 0. The molecular weight excluding hydrogens is 212 g/mol. The molecule has 0 aliphatic carbocycles. The van der Waals surface area contributed by atoms with E-state index in [0.717, 1.165) is 11.3 Å². The zero-order valence-corrected chi connectivity index (χ0v) is 9.45. The van der Waals surface area contributed by atoms with Crippen LogP contribution >= 0.6 is 0 Å². The molecule has 17 heavy (non-hydrogen) atoms. The molecule has 0 unspecified atom stereocenters. The van der Waals surface area contributed by atoms with Gasteiger partial charge < -0.3 is 9.47 Å².